The Hall–Kier alpha value is -3.03. The predicted octanol–water partition coefficient (Wildman–Crippen LogP) is 3.13. The van der Waals surface area contributed by atoms with Gasteiger partial charge in [-0.05, 0) is 43.9 Å². The number of pyridine rings is 1. The minimum atomic E-state index is -0.182. The fourth-order valence-electron chi connectivity index (χ4n) is 4.22. The molecule has 0 spiro atoms. The molecule has 8 nitrogen and oxygen atoms in total. The molecule has 0 bridgehead atoms. The van der Waals surface area contributed by atoms with Gasteiger partial charge in [0.05, 0.1) is 18.1 Å². The van der Waals surface area contributed by atoms with Crippen LogP contribution in [0, 0.1) is 6.92 Å². The number of rotatable bonds is 5. The molecular weight excluding hydrogens is 366 g/mol. The number of hydrazone groups is 1. The summed E-state index contributed by atoms with van der Waals surface area (Å²) in [5.41, 5.74) is 5.55. The lowest BCUT2D eigenvalue weighted by atomic mass is 10.0. The lowest BCUT2D eigenvalue weighted by Gasteiger charge is -2.43. The zero-order chi connectivity index (χ0) is 20.4. The van der Waals surface area contributed by atoms with Crippen molar-refractivity contribution < 1.29 is 4.79 Å². The van der Waals surface area contributed by atoms with Crippen molar-refractivity contribution in [3.05, 3.63) is 35.8 Å². The molecule has 1 saturated carbocycles. The maximum atomic E-state index is 12.9. The molecule has 1 aliphatic carbocycles. The highest BCUT2D eigenvalue weighted by atomic mass is 16.2. The van der Waals surface area contributed by atoms with Gasteiger partial charge in [0.15, 0.2) is 5.82 Å². The van der Waals surface area contributed by atoms with Crippen molar-refractivity contribution in [2.24, 2.45) is 5.10 Å². The van der Waals surface area contributed by atoms with Crippen molar-refractivity contribution in [2.75, 3.05) is 22.3 Å². The number of aryl methyl sites for hydroxylation is 1. The predicted molar refractivity (Wildman–Crippen MR) is 114 cm³/mol. The van der Waals surface area contributed by atoms with Crippen molar-refractivity contribution >= 4 is 29.6 Å². The highest BCUT2D eigenvalue weighted by molar-refractivity contribution is 6.04. The molecule has 2 aromatic heterocycles. The molecule has 3 heterocycles. The van der Waals surface area contributed by atoms with Gasteiger partial charge >= 0.3 is 0 Å². The van der Waals surface area contributed by atoms with Gasteiger partial charge in [-0.3, -0.25) is 9.78 Å². The van der Waals surface area contributed by atoms with Gasteiger partial charge in [-0.1, -0.05) is 19.8 Å². The molecule has 2 aromatic rings. The summed E-state index contributed by atoms with van der Waals surface area (Å²) in [6.45, 7) is 4.07. The van der Waals surface area contributed by atoms with Crippen molar-refractivity contribution in [2.45, 2.75) is 58.0 Å². The topological polar surface area (TPSA) is 86.6 Å². The minimum absolute atomic E-state index is 0.111. The van der Waals surface area contributed by atoms with Crippen LogP contribution in [0.1, 0.15) is 50.3 Å². The molecule has 8 heteroatoms. The van der Waals surface area contributed by atoms with Crippen LogP contribution in [0.15, 0.2) is 29.6 Å². The lowest BCUT2D eigenvalue weighted by Crippen LogP contribution is -2.55. The second-order valence-electron chi connectivity index (χ2n) is 7.70. The first kappa shape index (κ1) is 19.3. The van der Waals surface area contributed by atoms with E-state index in [9.17, 15) is 4.79 Å². The number of amides is 1. The minimum Gasteiger partial charge on any atom is -0.340 e. The first-order chi connectivity index (χ1) is 14.1. The molecule has 0 saturated heterocycles. The van der Waals surface area contributed by atoms with Crippen LogP contribution < -0.4 is 15.2 Å². The fourth-order valence-corrected chi connectivity index (χ4v) is 4.22. The summed E-state index contributed by atoms with van der Waals surface area (Å²) >= 11 is 0. The normalized spacial score (nSPS) is 19.8. The second-order valence-corrected chi connectivity index (χ2v) is 7.70. The first-order valence-corrected chi connectivity index (χ1v) is 10.2. The zero-order valence-electron chi connectivity index (χ0n) is 17.2. The third-order valence-corrected chi connectivity index (χ3v) is 5.71. The molecule has 4 rings (SSSR count). The monoisotopic (exact) mass is 393 g/mol. The molecule has 29 heavy (non-hydrogen) atoms. The number of nitrogens with zero attached hydrogens (tertiary/aromatic N) is 6. The molecule has 1 fully saturated rings. The van der Waals surface area contributed by atoms with E-state index in [1.807, 2.05) is 19.1 Å². The van der Waals surface area contributed by atoms with E-state index in [-0.39, 0.29) is 11.9 Å². The second kappa shape index (κ2) is 8.14. The molecule has 0 radical (unpaired) electrons. The van der Waals surface area contributed by atoms with Gasteiger partial charge in [0.1, 0.15) is 11.7 Å². The highest BCUT2D eigenvalue weighted by Gasteiger charge is 2.41. The molecule has 1 amide bonds. The molecule has 1 aliphatic heterocycles. The third kappa shape index (κ3) is 3.79. The Labute approximate surface area is 171 Å². The van der Waals surface area contributed by atoms with E-state index in [0.29, 0.717) is 12.0 Å². The van der Waals surface area contributed by atoms with Gasteiger partial charge in [0.2, 0.25) is 11.9 Å². The van der Waals surface area contributed by atoms with Crippen LogP contribution in [0.5, 0.6) is 0 Å². The smallest absolute Gasteiger partial charge is 0.249 e. The number of hydrogen-bond acceptors (Lipinski definition) is 7. The Morgan fingerprint density at radius 2 is 2.10 bits per heavy atom. The zero-order valence-corrected chi connectivity index (χ0v) is 17.2. The van der Waals surface area contributed by atoms with Crippen LogP contribution in [0.3, 0.4) is 0 Å². The lowest BCUT2D eigenvalue weighted by molar-refractivity contribution is -0.120. The molecular formula is C21H27N7O. The summed E-state index contributed by atoms with van der Waals surface area (Å²) in [6, 6.07) is 4.06. The molecule has 1 unspecified atom stereocenters. The number of fused-ring (bicyclic) bond motifs is 1. The standard InChI is InChI=1S/C21H27N7O/c1-4-17-20(29)27(3)18-13-23-21(25-19(18)28(17)16-7-5-6-8-16)26-24-12-15-11-14(2)9-10-22-15/h9-13,16-17H,4-8H2,1-3H3,(H,23,25,26)/b24-12+. The van der Waals surface area contributed by atoms with Gasteiger partial charge in [0, 0.05) is 19.3 Å². The number of hydrogen-bond donors (Lipinski definition) is 1. The summed E-state index contributed by atoms with van der Waals surface area (Å²) in [7, 11) is 1.80. The van der Waals surface area contributed by atoms with Crippen molar-refractivity contribution in [3.63, 3.8) is 0 Å². The van der Waals surface area contributed by atoms with Crippen molar-refractivity contribution in [1.29, 1.82) is 0 Å². The summed E-state index contributed by atoms with van der Waals surface area (Å²) in [5, 5.41) is 4.24. The molecule has 1 atom stereocenters. The maximum absolute atomic E-state index is 12.9. The quantitative estimate of drug-likeness (QED) is 0.620. The van der Waals surface area contributed by atoms with E-state index in [0.717, 1.165) is 42.0 Å². The average Bonchev–Trinajstić information content (AvgIpc) is 3.25. The van der Waals surface area contributed by atoms with Crippen LogP contribution in [-0.2, 0) is 4.79 Å². The van der Waals surface area contributed by atoms with Crippen LogP contribution in [0.4, 0.5) is 17.5 Å². The number of anilines is 3. The van der Waals surface area contributed by atoms with E-state index in [1.165, 1.54) is 12.8 Å². The van der Waals surface area contributed by atoms with Gasteiger partial charge in [0.25, 0.3) is 0 Å². The summed E-state index contributed by atoms with van der Waals surface area (Å²) in [4.78, 5) is 30.2. The maximum Gasteiger partial charge on any atom is 0.249 e. The summed E-state index contributed by atoms with van der Waals surface area (Å²) in [6.07, 6.45) is 10.4. The summed E-state index contributed by atoms with van der Waals surface area (Å²) in [5.74, 6) is 1.33. The number of likely N-dealkylation sites (N-methyl/N-ethyl adjacent to an activating group) is 1. The number of carbonyl (C=O) groups excluding carboxylic acids is 1. The fraction of sp³-hybridized carbons (Fsp3) is 0.476. The number of nitrogens with one attached hydrogen (secondary N) is 1. The van der Waals surface area contributed by atoms with Gasteiger partial charge in [-0.15, -0.1) is 0 Å². The molecule has 0 aromatic carbocycles. The first-order valence-electron chi connectivity index (χ1n) is 10.2. The average molecular weight is 393 g/mol. The molecule has 1 N–H and O–H groups in total. The van der Waals surface area contributed by atoms with Crippen LogP contribution in [-0.4, -0.2) is 46.2 Å². The van der Waals surface area contributed by atoms with Crippen molar-refractivity contribution in [1.82, 2.24) is 15.0 Å². The Balaban J connectivity index is 1.62. The summed E-state index contributed by atoms with van der Waals surface area (Å²) < 4.78 is 0. The highest BCUT2D eigenvalue weighted by Crippen LogP contribution is 2.39. The Morgan fingerprint density at radius 3 is 2.83 bits per heavy atom. The van der Waals surface area contributed by atoms with E-state index in [1.54, 1.807) is 30.6 Å². The van der Waals surface area contributed by atoms with Gasteiger partial charge in [-0.2, -0.15) is 10.1 Å². The SMILES string of the molecule is CCC1C(=O)N(C)c2cnc(N/N=C/c3cc(C)ccn3)nc2N1C1CCCC1. The largest absolute Gasteiger partial charge is 0.340 e. The molecule has 152 valence electrons. The van der Waals surface area contributed by atoms with E-state index < -0.39 is 0 Å². The Morgan fingerprint density at radius 1 is 1.31 bits per heavy atom. The van der Waals surface area contributed by atoms with Gasteiger partial charge < -0.3 is 9.80 Å². The molecule has 2 aliphatic rings. The number of carbonyl (C=O) groups is 1. The third-order valence-electron chi connectivity index (χ3n) is 5.71. The van der Waals surface area contributed by atoms with Crippen molar-refractivity contribution in [3.8, 4) is 0 Å². The number of aromatic nitrogens is 3. The van der Waals surface area contributed by atoms with E-state index in [4.69, 9.17) is 4.98 Å². The van der Waals surface area contributed by atoms with Crippen LogP contribution >= 0.6 is 0 Å². The van der Waals surface area contributed by atoms with E-state index >= 15 is 0 Å². The van der Waals surface area contributed by atoms with Crippen LogP contribution in [0.25, 0.3) is 0 Å². The van der Waals surface area contributed by atoms with Crippen LogP contribution in [0.2, 0.25) is 0 Å². The van der Waals surface area contributed by atoms with E-state index in [2.05, 4.69) is 32.3 Å². The van der Waals surface area contributed by atoms with Gasteiger partial charge in [-0.25, -0.2) is 10.4 Å². The Kier molecular flexibility index (Phi) is 5.42. The Bertz CT molecular complexity index is 923.